The van der Waals surface area contributed by atoms with E-state index < -0.39 is 0 Å². The van der Waals surface area contributed by atoms with Crippen LogP contribution in [0.1, 0.15) is 18.4 Å². The fourth-order valence-corrected chi connectivity index (χ4v) is 3.16. The van der Waals surface area contributed by atoms with E-state index in [4.69, 9.17) is 9.47 Å². The van der Waals surface area contributed by atoms with E-state index in [9.17, 15) is 0 Å². The maximum Gasteiger partial charge on any atom is 0.143 e. The van der Waals surface area contributed by atoms with Crippen molar-refractivity contribution in [3.8, 4) is 11.5 Å². The Morgan fingerprint density at radius 2 is 1.80 bits per heavy atom. The van der Waals surface area contributed by atoms with E-state index in [0.717, 1.165) is 42.4 Å². The second-order valence-electron chi connectivity index (χ2n) is 5.43. The fraction of sp³-hybridized carbons (Fsp3) is 0.500. The highest BCUT2D eigenvalue weighted by atomic mass is 16.5. The van der Waals surface area contributed by atoms with Gasteiger partial charge < -0.3 is 19.8 Å². The molecule has 20 heavy (non-hydrogen) atoms. The molecule has 0 unspecified atom stereocenters. The van der Waals surface area contributed by atoms with E-state index in [1.807, 2.05) is 12.1 Å². The molecule has 1 aromatic carbocycles. The van der Waals surface area contributed by atoms with Gasteiger partial charge in [-0.1, -0.05) is 0 Å². The van der Waals surface area contributed by atoms with Crippen molar-refractivity contribution in [1.29, 1.82) is 0 Å². The number of benzene rings is 1. The van der Waals surface area contributed by atoms with Crippen LogP contribution in [0.3, 0.4) is 0 Å². The summed E-state index contributed by atoms with van der Waals surface area (Å²) in [5, 5.41) is 4.59. The van der Waals surface area contributed by atoms with Gasteiger partial charge in [-0.25, -0.2) is 0 Å². The number of hydrogen-bond acceptors (Lipinski definition) is 3. The average Bonchev–Trinajstić information content (AvgIpc) is 2.91. The van der Waals surface area contributed by atoms with Crippen LogP contribution in [0.25, 0.3) is 10.9 Å². The van der Waals surface area contributed by atoms with E-state index in [-0.39, 0.29) is 0 Å². The van der Waals surface area contributed by atoms with E-state index in [2.05, 4.69) is 16.5 Å². The van der Waals surface area contributed by atoms with Gasteiger partial charge in [0, 0.05) is 11.6 Å². The average molecular weight is 274 g/mol. The number of fused-ring (bicyclic) bond motifs is 1. The summed E-state index contributed by atoms with van der Waals surface area (Å²) >= 11 is 0. The maximum absolute atomic E-state index is 5.53. The number of ether oxygens (including phenoxy) is 2. The number of hydrogen-bond donors (Lipinski definition) is 2. The first-order chi connectivity index (χ1) is 9.83. The Morgan fingerprint density at radius 3 is 2.50 bits per heavy atom. The summed E-state index contributed by atoms with van der Waals surface area (Å²) in [5.41, 5.74) is 2.37. The van der Waals surface area contributed by atoms with Crippen LogP contribution in [-0.2, 0) is 6.42 Å². The van der Waals surface area contributed by atoms with Crippen LogP contribution in [0.5, 0.6) is 11.5 Å². The minimum Gasteiger partial charge on any atom is -0.496 e. The minimum absolute atomic E-state index is 0.756. The molecule has 4 heteroatoms. The first-order valence-corrected chi connectivity index (χ1v) is 7.25. The zero-order chi connectivity index (χ0) is 13.9. The maximum atomic E-state index is 5.53. The van der Waals surface area contributed by atoms with Gasteiger partial charge in [-0.15, -0.1) is 0 Å². The summed E-state index contributed by atoms with van der Waals surface area (Å²) in [6.45, 7) is 2.26. The number of rotatable bonds is 4. The summed E-state index contributed by atoms with van der Waals surface area (Å²) < 4.78 is 11.0. The van der Waals surface area contributed by atoms with Crippen molar-refractivity contribution in [3.05, 3.63) is 23.9 Å². The molecule has 1 aliphatic heterocycles. The van der Waals surface area contributed by atoms with Gasteiger partial charge in [-0.3, -0.25) is 0 Å². The van der Waals surface area contributed by atoms with Gasteiger partial charge >= 0.3 is 0 Å². The van der Waals surface area contributed by atoms with Crippen molar-refractivity contribution in [2.24, 2.45) is 5.92 Å². The monoisotopic (exact) mass is 274 g/mol. The molecule has 1 fully saturated rings. The zero-order valence-electron chi connectivity index (χ0n) is 12.2. The third kappa shape index (κ3) is 2.36. The SMILES string of the molecule is COc1ccc(OC)c2c(CC3CCNCC3)c[nH]c12. The number of piperidine rings is 1. The molecule has 0 amide bonds. The van der Waals surface area contributed by atoms with E-state index in [1.165, 1.54) is 23.8 Å². The smallest absolute Gasteiger partial charge is 0.143 e. The Labute approximate surface area is 119 Å². The molecule has 1 aromatic heterocycles. The molecule has 0 radical (unpaired) electrons. The molecular formula is C16H22N2O2. The van der Waals surface area contributed by atoms with Crippen LogP contribution >= 0.6 is 0 Å². The quantitative estimate of drug-likeness (QED) is 0.901. The highest BCUT2D eigenvalue weighted by molar-refractivity contribution is 5.93. The van der Waals surface area contributed by atoms with Gasteiger partial charge in [0.2, 0.25) is 0 Å². The summed E-state index contributed by atoms with van der Waals surface area (Å²) in [6.07, 6.45) is 5.71. The molecule has 0 bridgehead atoms. The molecule has 108 valence electrons. The van der Waals surface area contributed by atoms with Crippen molar-refractivity contribution in [2.75, 3.05) is 27.3 Å². The third-order valence-corrected chi connectivity index (χ3v) is 4.25. The van der Waals surface area contributed by atoms with Gasteiger partial charge in [-0.05, 0) is 56.0 Å². The van der Waals surface area contributed by atoms with Crippen LogP contribution in [0.15, 0.2) is 18.3 Å². The normalized spacial score (nSPS) is 16.5. The second-order valence-corrected chi connectivity index (χ2v) is 5.43. The van der Waals surface area contributed by atoms with Gasteiger partial charge in [0.15, 0.2) is 0 Å². The number of methoxy groups -OCH3 is 2. The summed E-state index contributed by atoms with van der Waals surface area (Å²) in [6, 6.07) is 3.94. The van der Waals surface area contributed by atoms with Gasteiger partial charge in [0.1, 0.15) is 11.5 Å². The van der Waals surface area contributed by atoms with Gasteiger partial charge in [0.05, 0.1) is 19.7 Å². The molecule has 1 saturated heterocycles. The zero-order valence-corrected chi connectivity index (χ0v) is 12.2. The molecule has 0 atom stereocenters. The Morgan fingerprint density at radius 1 is 1.10 bits per heavy atom. The molecule has 1 aliphatic rings. The van der Waals surface area contributed by atoms with Crippen LogP contribution in [0, 0.1) is 5.92 Å². The number of nitrogens with one attached hydrogen (secondary N) is 2. The molecule has 0 aliphatic carbocycles. The van der Waals surface area contributed by atoms with Crippen molar-refractivity contribution < 1.29 is 9.47 Å². The molecule has 0 saturated carbocycles. The Hall–Kier alpha value is -1.68. The van der Waals surface area contributed by atoms with Crippen LogP contribution in [-0.4, -0.2) is 32.3 Å². The molecule has 2 aromatic rings. The van der Waals surface area contributed by atoms with Gasteiger partial charge in [-0.2, -0.15) is 0 Å². The van der Waals surface area contributed by atoms with Crippen LogP contribution in [0.2, 0.25) is 0 Å². The molecule has 4 nitrogen and oxygen atoms in total. The molecule has 2 heterocycles. The lowest BCUT2D eigenvalue weighted by molar-refractivity contribution is 0.373. The van der Waals surface area contributed by atoms with Crippen LogP contribution < -0.4 is 14.8 Å². The van der Waals surface area contributed by atoms with E-state index in [0.29, 0.717) is 0 Å². The summed E-state index contributed by atoms with van der Waals surface area (Å²) in [7, 11) is 3.43. The van der Waals surface area contributed by atoms with Gasteiger partial charge in [0.25, 0.3) is 0 Å². The third-order valence-electron chi connectivity index (χ3n) is 4.25. The largest absolute Gasteiger partial charge is 0.496 e. The Kier molecular flexibility index (Phi) is 3.83. The molecule has 2 N–H and O–H groups in total. The minimum atomic E-state index is 0.756. The lowest BCUT2D eigenvalue weighted by atomic mass is 9.91. The number of aromatic amines is 1. The van der Waals surface area contributed by atoms with E-state index >= 15 is 0 Å². The van der Waals surface area contributed by atoms with Crippen molar-refractivity contribution in [3.63, 3.8) is 0 Å². The highest BCUT2D eigenvalue weighted by Crippen LogP contribution is 2.36. The topological polar surface area (TPSA) is 46.3 Å². The predicted octanol–water partition coefficient (Wildman–Crippen LogP) is 2.73. The lowest BCUT2D eigenvalue weighted by Gasteiger charge is -2.22. The molecular weight excluding hydrogens is 252 g/mol. The first-order valence-electron chi connectivity index (χ1n) is 7.25. The second kappa shape index (κ2) is 5.75. The summed E-state index contributed by atoms with van der Waals surface area (Å²) in [4.78, 5) is 3.35. The number of H-pyrrole nitrogens is 1. The number of aromatic nitrogens is 1. The Bertz CT molecular complexity index is 585. The van der Waals surface area contributed by atoms with Crippen molar-refractivity contribution >= 4 is 10.9 Å². The molecule has 3 rings (SSSR count). The Balaban J connectivity index is 1.97. The van der Waals surface area contributed by atoms with Crippen molar-refractivity contribution in [2.45, 2.75) is 19.3 Å². The van der Waals surface area contributed by atoms with E-state index in [1.54, 1.807) is 14.2 Å². The molecule has 0 spiro atoms. The summed E-state index contributed by atoms with van der Waals surface area (Å²) in [5.74, 6) is 2.55. The van der Waals surface area contributed by atoms with Crippen molar-refractivity contribution in [1.82, 2.24) is 10.3 Å². The first kappa shape index (κ1) is 13.3. The highest BCUT2D eigenvalue weighted by Gasteiger charge is 2.18. The lowest BCUT2D eigenvalue weighted by Crippen LogP contribution is -2.28. The fourth-order valence-electron chi connectivity index (χ4n) is 3.16. The standard InChI is InChI=1S/C16H22N2O2/c1-19-13-3-4-14(20-2)16-15(13)12(10-18-16)9-11-5-7-17-8-6-11/h3-4,10-11,17-18H,5-9H2,1-2H3. The van der Waals surface area contributed by atoms with Crippen LogP contribution in [0.4, 0.5) is 0 Å². The predicted molar refractivity (Wildman–Crippen MR) is 80.7 cm³/mol.